The molecule has 6 heteroatoms. The first kappa shape index (κ1) is 29.0. The third-order valence-corrected chi connectivity index (χ3v) is 11.0. The second kappa shape index (κ2) is 10.7. The Labute approximate surface area is 306 Å². The fourth-order valence-electron chi connectivity index (χ4n) is 8.72. The van der Waals surface area contributed by atoms with Gasteiger partial charge in [0.15, 0.2) is 0 Å². The fraction of sp³-hybridized carbons (Fsp3) is 0. The van der Waals surface area contributed by atoms with Crippen LogP contribution in [0.1, 0.15) is 5.56 Å². The van der Waals surface area contributed by atoms with Gasteiger partial charge in [0.1, 0.15) is 22.3 Å². The maximum Gasteiger partial charge on any atom is 0.145 e. The zero-order chi connectivity index (χ0) is 35.5. The minimum absolute atomic E-state index is 0.561. The summed E-state index contributed by atoms with van der Waals surface area (Å²) in [7, 11) is 0. The van der Waals surface area contributed by atoms with Crippen LogP contribution in [0.5, 0.6) is 0 Å². The number of aromatic nitrogens is 3. The maximum absolute atomic E-state index is 10.1. The molecule has 54 heavy (non-hydrogen) atoms. The molecule has 6 nitrogen and oxygen atoms in total. The normalized spacial score (nSPS) is 12.1. The number of rotatable bonds is 3. The van der Waals surface area contributed by atoms with Crippen LogP contribution in [-0.2, 0) is 0 Å². The van der Waals surface area contributed by atoms with E-state index in [9.17, 15) is 5.26 Å². The summed E-state index contributed by atoms with van der Waals surface area (Å²) in [6.45, 7) is 0. The monoisotopic (exact) mass is 690 g/mol. The Morgan fingerprint density at radius 2 is 1.04 bits per heavy atom. The van der Waals surface area contributed by atoms with Crippen molar-refractivity contribution in [2.45, 2.75) is 0 Å². The van der Waals surface area contributed by atoms with Gasteiger partial charge in [-0.05, 0) is 78.9 Å². The van der Waals surface area contributed by atoms with Crippen LogP contribution in [0, 0.1) is 11.3 Å². The Morgan fingerprint density at radius 1 is 0.481 bits per heavy atom. The van der Waals surface area contributed by atoms with Crippen molar-refractivity contribution in [1.82, 2.24) is 14.1 Å². The van der Waals surface area contributed by atoms with Gasteiger partial charge < -0.3 is 18.0 Å². The molecule has 0 amide bonds. The van der Waals surface area contributed by atoms with Crippen LogP contribution in [0.15, 0.2) is 167 Å². The molecule has 0 radical (unpaired) electrons. The van der Waals surface area contributed by atoms with Gasteiger partial charge in [0.05, 0.1) is 55.9 Å². The first-order valence-corrected chi connectivity index (χ1v) is 17.9. The number of nitriles is 1. The van der Waals surface area contributed by atoms with Gasteiger partial charge in [-0.1, -0.05) is 72.8 Å². The van der Waals surface area contributed by atoms with Gasteiger partial charge in [0.25, 0.3) is 0 Å². The fourth-order valence-corrected chi connectivity index (χ4v) is 8.72. The summed E-state index contributed by atoms with van der Waals surface area (Å²) < 4.78 is 17.7. The SMILES string of the molecule is N#Cc1ccc(-n2c3ccccc3c3c4oc5ccccc5c4ccc32)c(-c2cc(-n3c4ccccc4c4c5oc6ccccc6c5ccc43)ccn2)c1. The van der Waals surface area contributed by atoms with E-state index in [1.807, 2.05) is 60.8 Å². The van der Waals surface area contributed by atoms with Gasteiger partial charge in [-0.3, -0.25) is 4.98 Å². The van der Waals surface area contributed by atoms with Crippen LogP contribution in [0.3, 0.4) is 0 Å². The summed E-state index contributed by atoms with van der Waals surface area (Å²) in [6.07, 6.45) is 1.86. The van der Waals surface area contributed by atoms with E-state index in [4.69, 9.17) is 13.8 Å². The van der Waals surface area contributed by atoms with Gasteiger partial charge in [-0.2, -0.15) is 5.26 Å². The first-order chi connectivity index (χ1) is 26.7. The average Bonchev–Trinajstić information content (AvgIpc) is 3.98. The van der Waals surface area contributed by atoms with Gasteiger partial charge in [-0.15, -0.1) is 0 Å². The number of hydrogen-bond acceptors (Lipinski definition) is 4. The molecule has 0 aliphatic carbocycles. The molecule has 0 fully saturated rings. The van der Waals surface area contributed by atoms with E-state index in [1.165, 1.54) is 0 Å². The highest BCUT2D eigenvalue weighted by molar-refractivity contribution is 6.25. The molecule has 0 atom stereocenters. The molecule has 0 N–H and O–H groups in total. The number of pyridine rings is 1. The third kappa shape index (κ3) is 3.84. The van der Waals surface area contributed by atoms with Crippen LogP contribution in [0.2, 0.25) is 0 Å². The third-order valence-electron chi connectivity index (χ3n) is 11.0. The number of para-hydroxylation sites is 4. The highest BCUT2D eigenvalue weighted by Gasteiger charge is 2.22. The molecule has 0 bridgehead atoms. The lowest BCUT2D eigenvalue weighted by Crippen LogP contribution is -2.00. The molecule has 5 aromatic heterocycles. The van der Waals surface area contributed by atoms with E-state index in [-0.39, 0.29) is 0 Å². The van der Waals surface area contributed by atoms with Crippen LogP contribution in [-0.4, -0.2) is 14.1 Å². The summed E-state index contributed by atoms with van der Waals surface area (Å²) >= 11 is 0. The largest absolute Gasteiger partial charge is 0.455 e. The van der Waals surface area contributed by atoms with Gasteiger partial charge in [-0.25, -0.2) is 0 Å². The van der Waals surface area contributed by atoms with Gasteiger partial charge in [0.2, 0.25) is 0 Å². The predicted molar refractivity (Wildman–Crippen MR) is 218 cm³/mol. The second-order valence-corrected chi connectivity index (χ2v) is 13.8. The quantitative estimate of drug-likeness (QED) is 0.185. The van der Waals surface area contributed by atoms with Crippen LogP contribution < -0.4 is 0 Å². The van der Waals surface area contributed by atoms with E-state index in [1.54, 1.807) is 0 Å². The zero-order valence-corrected chi connectivity index (χ0v) is 28.6. The van der Waals surface area contributed by atoms with Crippen molar-refractivity contribution < 1.29 is 8.83 Å². The average molecular weight is 691 g/mol. The Balaban J connectivity index is 1.12. The molecule has 0 aliphatic heterocycles. The summed E-state index contributed by atoms with van der Waals surface area (Å²) in [5.74, 6) is 0. The zero-order valence-electron chi connectivity index (χ0n) is 28.6. The van der Waals surface area contributed by atoms with Crippen molar-refractivity contribution in [3.63, 3.8) is 0 Å². The van der Waals surface area contributed by atoms with Crippen molar-refractivity contribution in [2.75, 3.05) is 0 Å². The van der Waals surface area contributed by atoms with E-state index in [2.05, 4.69) is 112 Å². The maximum atomic E-state index is 10.1. The first-order valence-electron chi connectivity index (χ1n) is 17.9. The second-order valence-electron chi connectivity index (χ2n) is 13.8. The highest BCUT2D eigenvalue weighted by atomic mass is 16.3. The molecule has 5 heterocycles. The Hall–Kier alpha value is -7.62. The molecule has 7 aromatic carbocycles. The van der Waals surface area contributed by atoms with Crippen molar-refractivity contribution in [2.24, 2.45) is 0 Å². The minimum atomic E-state index is 0.561. The van der Waals surface area contributed by atoms with Gasteiger partial charge in [0, 0.05) is 49.8 Å². The van der Waals surface area contributed by atoms with Crippen molar-refractivity contribution in [3.05, 3.63) is 163 Å². The van der Waals surface area contributed by atoms with Crippen molar-refractivity contribution in [3.8, 4) is 28.7 Å². The topological polar surface area (TPSA) is 72.8 Å². The lowest BCUT2D eigenvalue weighted by molar-refractivity contribution is 0.672. The molecule has 0 spiro atoms. The summed E-state index contributed by atoms with van der Waals surface area (Å²) in [6, 6.07) is 54.4. The summed E-state index contributed by atoms with van der Waals surface area (Å²) in [4.78, 5) is 4.97. The number of hydrogen-bond donors (Lipinski definition) is 0. The summed E-state index contributed by atoms with van der Waals surface area (Å²) in [5.41, 5.74) is 11.7. The summed E-state index contributed by atoms with van der Waals surface area (Å²) in [5, 5.41) is 18.9. The molecular weight excluding hydrogens is 665 g/mol. The standard InChI is InChI=1S/C48H26N4O2/c49-27-28-17-20-40(52-39-14-6-2-12-35(39)46-42(52)22-19-33-31-10-4-8-16-44(31)54-48(33)46)36(25-28)37-26-29(23-24-50-37)51-38-13-5-1-11-34(38)45-41(51)21-18-32-30-9-3-7-15-43(30)53-47(32)45/h1-26H. The molecule has 0 unspecified atom stereocenters. The number of fused-ring (bicyclic) bond motifs is 14. The number of furan rings is 2. The molecule has 0 aliphatic rings. The van der Waals surface area contributed by atoms with Crippen molar-refractivity contribution >= 4 is 87.5 Å². The lowest BCUT2D eigenvalue weighted by Gasteiger charge is -2.15. The molecule has 250 valence electrons. The molecule has 12 aromatic rings. The van der Waals surface area contributed by atoms with Crippen molar-refractivity contribution in [1.29, 1.82) is 5.26 Å². The predicted octanol–water partition coefficient (Wildman–Crippen LogP) is 12.6. The lowest BCUT2D eigenvalue weighted by atomic mass is 10.0. The molecular formula is C48H26N4O2. The Bertz CT molecular complexity index is 3590. The highest BCUT2D eigenvalue weighted by Crippen LogP contribution is 2.44. The molecule has 0 saturated heterocycles. The Kier molecular flexibility index (Phi) is 5.75. The van der Waals surface area contributed by atoms with Crippen LogP contribution >= 0.6 is 0 Å². The van der Waals surface area contributed by atoms with Crippen LogP contribution in [0.4, 0.5) is 0 Å². The molecule has 12 rings (SSSR count). The smallest absolute Gasteiger partial charge is 0.145 e. The van der Waals surface area contributed by atoms with E-state index in [0.29, 0.717) is 5.56 Å². The minimum Gasteiger partial charge on any atom is -0.455 e. The number of nitrogens with zero attached hydrogens (tertiary/aromatic N) is 4. The van der Waals surface area contributed by atoms with E-state index < -0.39 is 0 Å². The van der Waals surface area contributed by atoms with Gasteiger partial charge >= 0.3 is 0 Å². The molecule has 0 saturated carbocycles. The Morgan fingerprint density at radius 3 is 1.67 bits per heavy atom. The van der Waals surface area contributed by atoms with Crippen LogP contribution in [0.25, 0.3) is 110 Å². The number of benzene rings is 7. The van der Waals surface area contributed by atoms with E-state index in [0.717, 1.165) is 110 Å². The van der Waals surface area contributed by atoms with E-state index >= 15 is 0 Å².